The zero-order chi connectivity index (χ0) is 15.6. The summed E-state index contributed by atoms with van der Waals surface area (Å²) in [6, 6.07) is 9.40. The van der Waals surface area contributed by atoms with E-state index >= 15 is 0 Å². The summed E-state index contributed by atoms with van der Waals surface area (Å²) >= 11 is 3.07. The standard InChI is InChI=1S/C15H12BrNO4/c1-9-3-5-12(7-10(9)2)21-15(18)11-4-6-13(16)14(8-11)17(19)20/h3-8H,1-2H3. The Balaban J connectivity index is 2.26. The maximum absolute atomic E-state index is 12.0. The van der Waals surface area contributed by atoms with Gasteiger partial charge < -0.3 is 4.74 Å². The molecule has 2 aromatic rings. The average Bonchev–Trinajstić information content (AvgIpc) is 2.43. The lowest BCUT2D eigenvalue weighted by molar-refractivity contribution is -0.385. The molecule has 0 N–H and O–H groups in total. The van der Waals surface area contributed by atoms with Crippen molar-refractivity contribution in [3.05, 3.63) is 67.7 Å². The van der Waals surface area contributed by atoms with E-state index in [-0.39, 0.29) is 11.3 Å². The van der Waals surface area contributed by atoms with Crippen LogP contribution in [0.5, 0.6) is 5.75 Å². The Morgan fingerprint density at radius 2 is 1.86 bits per heavy atom. The summed E-state index contributed by atoms with van der Waals surface area (Å²) in [6.07, 6.45) is 0. The summed E-state index contributed by atoms with van der Waals surface area (Å²) in [5, 5.41) is 10.9. The summed E-state index contributed by atoms with van der Waals surface area (Å²) in [5.74, 6) is -0.220. The van der Waals surface area contributed by atoms with Crippen molar-refractivity contribution in [2.75, 3.05) is 0 Å². The first-order chi connectivity index (χ1) is 9.88. The number of halogens is 1. The Bertz CT molecular complexity index is 728. The van der Waals surface area contributed by atoms with Gasteiger partial charge in [0, 0.05) is 6.07 Å². The van der Waals surface area contributed by atoms with Gasteiger partial charge in [-0.3, -0.25) is 10.1 Å². The fourth-order valence-electron chi connectivity index (χ4n) is 1.72. The summed E-state index contributed by atoms with van der Waals surface area (Å²) in [4.78, 5) is 22.3. The van der Waals surface area contributed by atoms with Crippen LogP contribution in [-0.2, 0) is 0 Å². The first-order valence-electron chi connectivity index (χ1n) is 6.12. The molecule has 0 aromatic heterocycles. The number of nitro groups is 1. The smallest absolute Gasteiger partial charge is 0.343 e. The molecule has 0 saturated heterocycles. The lowest BCUT2D eigenvalue weighted by Gasteiger charge is -2.07. The minimum Gasteiger partial charge on any atom is -0.423 e. The van der Waals surface area contributed by atoms with Gasteiger partial charge in [-0.05, 0) is 65.2 Å². The van der Waals surface area contributed by atoms with Crippen molar-refractivity contribution >= 4 is 27.6 Å². The molecule has 0 aliphatic heterocycles. The number of ether oxygens (including phenoxy) is 1. The molecular weight excluding hydrogens is 338 g/mol. The van der Waals surface area contributed by atoms with Gasteiger partial charge in [-0.15, -0.1) is 0 Å². The average molecular weight is 350 g/mol. The molecule has 0 spiro atoms. The van der Waals surface area contributed by atoms with E-state index in [1.807, 2.05) is 19.9 Å². The molecule has 0 aliphatic carbocycles. The van der Waals surface area contributed by atoms with Crippen molar-refractivity contribution in [1.82, 2.24) is 0 Å². The van der Waals surface area contributed by atoms with Gasteiger partial charge in [-0.1, -0.05) is 6.07 Å². The maximum atomic E-state index is 12.0. The highest BCUT2D eigenvalue weighted by Crippen LogP contribution is 2.26. The van der Waals surface area contributed by atoms with Crippen molar-refractivity contribution in [3.63, 3.8) is 0 Å². The van der Waals surface area contributed by atoms with Crippen LogP contribution in [0.1, 0.15) is 21.5 Å². The fraction of sp³-hybridized carbons (Fsp3) is 0.133. The van der Waals surface area contributed by atoms with Crippen LogP contribution >= 0.6 is 15.9 Å². The van der Waals surface area contributed by atoms with Crippen LogP contribution in [0.3, 0.4) is 0 Å². The number of esters is 1. The van der Waals surface area contributed by atoms with E-state index in [1.165, 1.54) is 18.2 Å². The predicted molar refractivity (Wildman–Crippen MR) is 81.7 cm³/mol. The van der Waals surface area contributed by atoms with Crippen molar-refractivity contribution in [2.24, 2.45) is 0 Å². The number of nitro benzene ring substituents is 1. The Morgan fingerprint density at radius 3 is 2.48 bits per heavy atom. The van der Waals surface area contributed by atoms with Crippen LogP contribution in [0, 0.1) is 24.0 Å². The van der Waals surface area contributed by atoms with Gasteiger partial charge in [0.25, 0.3) is 5.69 Å². The normalized spacial score (nSPS) is 10.2. The van der Waals surface area contributed by atoms with E-state index < -0.39 is 10.9 Å². The van der Waals surface area contributed by atoms with Gasteiger partial charge in [0.2, 0.25) is 0 Å². The zero-order valence-electron chi connectivity index (χ0n) is 11.4. The summed E-state index contributed by atoms with van der Waals surface area (Å²) < 4.78 is 5.55. The maximum Gasteiger partial charge on any atom is 0.343 e. The van der Waals surface area contributed by atoms with E-state index in [0.29, 0.717) is 10.2 Å². The van der Waals surface area contributed by atoms with Gasteiger partial charge in [-0.25, -0.2) is 4.79 Å². The highest BCUT2D eigenvalue weighted by atomic mass is 79.9. The van der Waals surface area contributed by atoms with E-state index in [4.69, 9.17) is 4.74 Å². The molecule has 0 aliphatic rings. The lowest BCUT2D eigenvalue weighted by atomic mass is 10.1. The number of hydrogen-bond acceptors (Lipinski definition) is 4. The molecule has 0 atom stereocenters. The molecule has 0 radical (unpaired) electrons. The van der Waals surface area contributed by atoms with E-state index in [0.717, 1.165) is 11.1 Å². The van der Waals surface area contributed by atoms with Crippen LogP contribution < -0.4 is 4.74 Å². The third-order valence-electron chi connectivity index (χ3n) is 3.07. The first-order valence-corrected chi connectivity index (χ1v) is 6.91. The first kappa shape index (κ1) is 15.2. The van der Waals surface area contributed by atoms with Crippen LogP contribution in [0.25, 0.3) is 0 Å². The second-order valence-corrected chi connectivity index (χ2v) is 5.41. The SMILES string of the molecule is Cc1ccc(OC(=O)c2ccc(Br)c([N+](=O)[O-])c2)cc1C. The molecular formula is C15H12BrNO4. The summed E-state index contributed by atoms with van der Waals surface area (Å²) in [5.41, 5.74) is 2.05. The molecule has 21 heavy (non-hydrogen) atoms. The van der Waals surface area contributed by atoms with Crippen LogP contribution in [0.15, 0.2) is 40.9 Å². The van der Waals surface area contributed by atoms with Crippen LogP contribution in [-0.4, -0.2) is 10.9 Å². The quantitative estimate of drug-likeness (QED) is 0.360. The molecule has 0 bridgehead atoms. The topological polar surface area (TPSA) is 69.4 Å². The number of nitrogens with zero attached hydrogens (tertiary/aromatic N) is 1. The minimum absolute atomic E-state index is 0.128. The Morgan fingerprint density at radius 1 is 1.14 bits per heavy atom. The minimum atomic E-state index is -0.631. The highest BCUT2D eigenvalue weighted by Gasteiger charge is 2.17. The molecule has 0 heterocycles. The van der Waals surface area contributed by atoms with Crippen LogP contribution in [0.2, 0.25) is 0 Å². The number of hydrogen-bond donors (Lipinski definition) is 0. The molecule has 0 saturated carbocycles. The Kier molecular flexibility index (Phi) is 4.37. The largest absolute Gasteiger partial charge is 0.423 e. The summed E-state index contributed by atoms with van der Waals surface area (Å²) in [7, 11) is 0. The Labute approximate surface area is 129 Å². The number of benzene rings is 2. The van der Waals surface area contributed by atoms with Gasteiger partial charge in [0.15, 0.2) is 0 Å². The molecule has 6 heteroatoms. The summed E-state index contributed by atoms with van der Waals surface area (Å²) in [6.45, 7) is 3.87. The second-order valence-electron chi connectivity index (χ2n) is 4.56. The van der Waals surface area contributed by atoms with E-state index in [1.54, 1.807) is 12.1 Å². The number of aryl methyl sites for hydroxylation is 2. The number of carbonyl (C=O) groups is 1. The molecule has 0 unspecified atom stereocenters. The zero-order valence-corrected chi connectivity index (χ0v) is 13.0. The monoisotopic (exact) mass is 349 g/mol. The predicted octanol–water partition coefficient (Wildman–Crippen LogP) is 4.19. The lowest BCUT2D eigenvalue weighted by Crippen LogP contribution is -2.09. The second kappa shape index (κ2) is 6.05. The van der Waals surface area contributed by atoms with Crippen molar-refractivity contribution in [1.29, 1.82) is 0 Å². The molecule has 0 amide bonds. The fourth-order valence-corrected chi connectivity index (χ4v) is 2.11. The van der Waals surface area contributed by atoms with Crippen molar-refractivity contribution < 1.29 is 14.5 Å². The highest BCUT2D eigenvalue weighted by molar-refractivity contribution is 9.10. The van der Waals surface area contributed by atoms with Gasteiger partial charge in [0.1, 0.15) is 5.75 Å². The van der Waals surface area contributed by atoms with Gasteiger partial charge in [-0.2, -0.15) is 0 Å². The molecule has 0 fully saturated rings. The number of carbonyl (C=O) groups excluding carboxylic acids is 1. The van der Waals surface area contributed by atoms with Gasteiger partial charge >= 0.3 is 5.97 Å². The van der Waals surface area contributed by atoms with Crippen molar-refractivity contribution in [2.45, 2.75) is 13.8 Å². The number of rotatable bonds is 3. The molecule has 2 aromatic carbocycles. The third kappa shape index (κ3) is 3.46. The molecule has 5 nitrogen and oxygen atoms in total. The molecule has 108 valence electrons. The van der Waals surface area contributed by atoms with Crippen LogP contribution in [0.4, 0.5) is 5.69 Å². The third-order valence-corrected chi connectivity index (χ3v) is 3.74. The molecule has 2 rings (SSSR count). The van der Waals surface area contributed by atoms with E-state index in [9.17, 15) is 14.9 Å². The van der Waals surface area contributed by atoms with Gasteiger partial charge in [0.05, 0.1) is 15.0 Å². The van der Waals surface area contributed by atoms with E-state index in [2.05, 4.69) is 15.9 Å². The van der Waals surface area contributed by atoms with Crippen molar-refractivity contribution in [3.8, 4) is 5.75 Å². The Hall–Kier alpha value is -2.21.